The van der Waals surface area contributed by atoms with E-state index in [2.05, 4.69) is 16.0 Å². The molecule has 0 saturated heterocycles. The summed E-state index contributed by atoms with van der Waals surface area (Å²) >= 11 is 0. The van der Waals surface area contributed by atoms with E-state index in [1.165, 1.54) is 18.7 Å². The second-order valence-corrected chi connectivity index (χ2v) is 8.12. The first-order valence-corrected chi connectivity index (χ1v) is 11.0. The number of imide groups is 1. The molecule has 0 unspecified atom stereocenters. The highest BCUT2D eigenvalue weighted by molar-refractivity contribution is 6.46. The average Bonchev–Trinajstić information content (AvgIpc) is 3.05. The van der Waals surface area contributed by atoms with Crippen molar-refractivity contribution >= 4 is 52.0 Å². The highest BCUT2D eigenvalue weighted by Gasteiger charge is 2.40. The minimum absolute atomic E-state index is 0.137. The van der Waals surface area contributed by atoms with Crippen molar-refractivity contribution in [2.24, 2.45) is 0 Å². The Labute approximate surface area is 202 Å². The first kappa shape index (κ1) is 23.4. The fourth-order valence-corrected chi connectivity index (χ4v) is 3.85. The number of hydrogen-bond donors (Lipinski definition) is 3. The van der Waals surface area contributed by atoms with Gasteiger partial charge in [0, 0.05) is 30.9 Å². The first-order valence-electron chi connectivity index (χ1n) is 11.0. The number of nitrogens with zero attached hydrogens (tertiary/aromatic N) is 1. The molecule has 8 nitrogen and oxygen atoms in total. The Morgan fingerprint density at radius 2 is 1.20 bits per heavy atom. The van der Waals surface area contributed by atoms with Crippen molar-refractivity contribution in [3.8, 4) is 0 Å². The van der Waals surface area contributed by atoms with Crippen LogP contribution in [0.4, 0.5) is 22.7 Å². The van der Waals surface area contributed by atoms with Gasteiger partial charge >= 0.3 is 0 Å². The number of para-hydroxylation sites is 1. The van der Waals surface area contributed by atoms with Crippen molar-refractivity contribution in [2.45, 2.75) is 20.8 Å². The lowest BCUT2D eigenvalue weighted by Crippen LogP contribution is -2.33. The lowest BCUT2D eigenvalue weighted by Gasteiger charge is -2.17. The average molecular weight is 469 g/mol. The molecule has 1 heterocycles. The Bertz CT molecular complexity index is 1360. The van der Waals surface area contributed by atoms with Crippen LogP contribution in [0.1, 0.15) is 25.0 Å². The number of anilines is 4. The third-order valence-corrected chi connectivity index (χ3v) is 5.41. The Hall–Kier alpha value is -4.72. The summed E-state index contributed by atoms with van der Waals surface area (Å²) in [5.41, 5.74) is 3.96. The third-order valence-electron chi connectivity index (χ3n) is 5.41. The molecule has 0 aromatic heterocycles. The quantitative estimate of drug-likeness (QED) is 0.468. The second-order valence-electron chi connectivity index (χ2n) is 8.12. The van der Waals surface area contributed by atoms with Gasteiger partial charge < -0.3 is 16.0 Å². The van der Waals surface area contributed by atoms with Gasteiger partial charge in [0.2, 0.25) is 11.8 Å². The monoisotopic (exact) mass is 468 g/mol. The van der Waals surface area contributed by atoms with Gasteiger partial charge in [0.25, 0.3) is 11.8 Å². The molecule has 1 aliphatic rings. The molecule has 0 spiro atoms. The van der Waals surface area contributed by atoms with Crippen molar-refractivity contribution < 1.29 is 19.2 Å². The number of benzene rings is 3. The van der Waals surface area contributed by atoms with Crippen LogP contribution in [0.15, 0.2) is 78.5 Å². The smallest absolute Gasteiger partial charge is 0.282 e. The molecule has 0 aliphatic carbocycles. The summed E-state index contributed by atoms with van der Waals surface area (Å²) in [7, 11) is 0. The molecule has 3 aromatic carbocycles. The standard InChI is InChI=1S/C27H24N4O4/c1-16-6-4-5-7-23(16)31-26(34)24(19-8-10-20(11-9-19)28-17(2)32)25(27(31)35)30-22-14-12-21(13-15-22)29-18(3)33/h4-15,30H,1-3H3,(H,28,32)(H,29,33). The van der Waals surface area contributed by atoms with Crippen LogP contribution in [0.3, 0.4) is 0 Å². The number of aryl methyl sites for hydroxylation is 1. The highest BCUT2D eigenvalue weighted by atomic mass is 16.2. The molecule has 0 atom stereocenters. The zero-order valence-electron chi connectivity index (χ0n) is 19.5. The number of carbonyl (C=O) groups excluding carboxylic acids is 4. The molecule has 0 bridgehead atoms. The summed E-state index contributed by atoms with van der Waals surface area (Å²) in [5.74, 6) is -1.33. The largest absolute Gasteiger partial charge is 0.350 e. The van der Waals surface area contributed by atoms with E-state index in [1.54, 1.807) is 60.7 Å². The van der Waals surface area contributed by atoms with Gasteiger partial charge in [0.1, 0.15) is 5.70 Å². The van der Waals surface area contributed by atoms with Gasteiger partial charge in [0.05, 0.1) is 11.3 Å². The molecular formula is C27H24N4O4. The van der Waals surface area contributed by atoms with Crippen molar-refractivity contribution in [2.75, 3.05) is 20.9 Å². The van der Waals surface area contributed by atoms with E-state index in [0.717, 1.165) is 5.56 Å². The predicted molar refractivity (Wildman–Crippen MR) is 136 cm³/mol. The Kier molecular flexibility index (Phi) is 6.46. The van der Waals surface area contributed by atoms with Crippen molar-refractivity contribution in [3.63, 3.8) is 0 Å². The van der Waals surface area contributed by atoms with Crippen LogP contribution in [0.25, 0.3) is 5.57 Å². The Morgan fingerprint density at radius 1 is 0.686 bits per heavy atom. The van der Waals surface area contributed by atoms with E-state index in [0.29, 0.717) is 28.3 Å². The third kappa shape index (κ3) is 4.96. The van der Waals surface area contributed by atoms with Crippen molar-refractivity contribution in [1.82, 2.24) is 0 Å². The van der Waals surface area contributed by atoms with E-state index < -0.39 is 11.8 Å². The van der Waals surface area contributed by atoms with E-state index in [9.17, 15) is 19.2 Å². The lowest BCUT2D eigenvalue weighted by atomic mass is 10.0. The van der Waals surface area contributed by atoms with Crippen LogP contribution in [0, 0.1) is 6.92 Å². The number of rotatable bonds is 6. The number of hydrogen-bond acceptors (Lipinski definition) is 5. The molecule has 4 amide bonds. The molecule has 0 radical (unpaired) electrons. The minimum atomic E-state index is -0.476. The minimum Gasteiger partial charge on any atom is -0.350 e. The summed E-state index contributed by atoms with van der Waals surface area (Å²) in [6.07, 6.45) is 0. The van der Waals surface area contributed by atoms with Crippen molar-refractivity contribution in [1.29, 1.82) is 0 Å². The summed E-state index contributed by atoms with van der Waals surface area (Å²) < 4.78 is 0. The van der Waals surface area contributed by atoms with Crippen LogP contribution in [0.5, 0.6) is 0 Å². The molecule has 1 aliphatic heterocycles. The normalized spacial score (nSPS) is 13.2. The van der Waals surface area contributed by atoms with Crippen LogP contribution in [0.2, 0.25) is 0 Å². The first-order chi connectivity index (χ1) is 16.7. The van der Waals surface area contributed by atoms with Crippen LogP contribution < -0.4 is 20.9 Å². The van der Waals surface area contributed by atoms with Gasteiger partial charge in [-0.25, -0.2) is 4.90 Å². The molecule has 35 heavy (non-hydrogen) atoms. The van der Waals surface area contributed by atoms with E-state index >= 15 is 0 Å². The van der Waals surface area contributed by atoms with Gasteiger partial charge in [-0.05, 0) is 60.5 Å². The topological polar surface area (TPSA) is 108 Å². The summed E-state index contributed by atoms with van der Waals surface area (Å²) in [5, 5.41) is 8.48. The Morgan fingerprint density at radius 3 is 1.74 bits per heavy atom. The lowest BCUT2D eigenvalue weighted by molar-refractivity contribution is -0.120. The highest BCUT2D eigenvalue weighted by Crippen LogP contribution is 2.35. The van der Waals surface area contributed by atoms with E-state index in [-0.39, 0.29) is 23.1 Å². The number of nitrogens with one attached hydrogen (secondary N) is 3. The molecule has 0 fully saturated rings. The SMILES string of the molecule is CC(=O)Nc1ccc(NC2=C(c3ccc(NC(C)=O)cc3)C(=O)N(c3ccccc3C)C2=O)cc1. The maximum atomic E-state index is 13.6. The maximum absolute atomic E-state index is 13.6. The zero-order valence-corrected chi connectivity index (χ0v) is 19.5. The molecule has 3 N–H and O–H groups in total. The molecular weight excluding hydrogens is 444 g/mol. The van der Waals surface area contributed by atoms with E-state index in [1.807, 2.05) is 19.1 Å². The van der Waals surface area contributed by atoms with Crippen molar-refractivity contribution in [3.05, 3.63) is 89.6 Å². The van der Waals surface area contributed by atoms with Gasteiger partial charge in [-0.1, -0.05) is 30.3 Å². The number of carbonyl (C=O) groups is 4. The summed E-state index contributed by atoms with van der Waals surface area (Å²) in [6.45, 7) is 4.67. The second kappa shape index (κ2) is 9.64. The van der Waals surface area contributed by atoms with E-state index in [4.69, 9.17) is 0 Å². The van der Waals surface area contributed by atoms with Gasteiger partial charge in [-0.2, -0.15) is 0 Å². The fraction of sp³-hybridized carbons (Fsp3) is 0.111. The summed E-state index contributed by atoms with van der Waals surface area (Å²) in [4.78, 5) is 51.0. The summed E-state index contributed by atoms with van der Waals surface area (Å²) in [6, 6.07) is 20.7. The van der Waals surface area contributed by atoms with Crippen LogP contribution in [-0.2, 0) is 19.2 Å². The van der Waals surface area contributed by atoms with Gasteiger partial charge in [-0.15, -0.1) is 0 Å². The predicted octanol–water partition coefficient (Wildman–Crippen LogP) is 4.31. The molecule has 176 valence electrons. The molecule has 3 aromatic rings. The molecule has 8 heteroatoms. The zero-order chi connectivity index (χ0) is 25.1. The van der Waals surface area contributed by atoms with Gasteiger partial charge in [-0.3, -0.25) is 19.2 Å². The molecule has 4 rings (SSSR count). The Balaban J connectivity index is 1.75. The van der Waals surface area contributed by atoms with Crippen LogP contribution >= 0.6 is 0 Å². The van der Waals surface area contributed by atoms with Gasteiger partial charge in [0.15, 0.2) is 0 Å². The van der Waals surface area contributed by atoms with Crippen LogP contribution in [-0.4, -0.2) is 23.6 Å². The maximum Gasteiger partial charge on any atom is 0.282 e. The molecule has 0 saturated carbocycles. The number of amides is 4. The fourth-order valence-electron chi connectivity index (χ4n) is 3.85.